The van der Waals surface area contributed by atoms with E-state index in [2.05, 4.69) is 10.6 Å². The van der Waals surface area contributed by atoms with Crippen LogP contribution in [-0.2, 0) is 4.79 Å². The molecule has 0 radical (unpaired) electrons. The third-order valence-corrected chi connectivity index (χ3v) is 4.27. The van der Waals surface area contributed by atoms with Crippen LogP contribution >= 0.6 is 11.6 Å². The highest BCUT2D eigenvalue weighted by Crippen LogP contribution is 2.41. The maximum absolute atomic E-state index is 12.1. The highest BCUT2D eigenvalue weighted by Gasteiger charge is 2.33. The fraction of sp³-hybridized carbons (Fsp3) is 0.500. The number of benzene rings is 1. The lowest BCUT2D eigenvalue weighted by molar-refractivity contribution is -0.117. The number of hydrogen-bond donors (Lipinski definition) is 2. The lowest BCUT2D eigenvalue weighted by atomic mass is 9.86. The van der Waals surface area contributed by atoms with Crippen molar-refractivity contribution in [2.75, 3.05) is 18.4 Å². The number of anilines is 1. The van der Waals surface area contributed by atoms with Gasteiger partial charge in [-0.25, -0.2) is 0 Å². The number of hydrogen-bond acceptors (Lipinski definition) is 2. The predicted molar refractivity (Wildman–Crippen MR) is 73.0 cm³/mol. The van der Waals surface area contributed by atoms with Gasteiger partial charge in [0.15, 0.2) is 0 Å². The van der Waals surface area contributed by atoms with Crippen molar-refractivity contribution in [3.05, 3.63) is 28.8 Å². The molecule has 0 aromatic heterocycles. The van der Waals surface area contributed by atoms with Gasteiger partial charge in [0.2, 0.25) is 5.91 Å². The molecular formula is C14H17ClN2O. The molecule has 18 heavy (non-hydrogen) atoms. The number of amides is 1. The van der Waals surface area contributed by atoms with Crippen LogP contribution in [0.2, 0.25) is 5.02 Å². The van der Waals surface area contributed by atoms with Crippen LogP contribution < -0.4 is 10.6 Å². The van der Waals surface area contributed by atoms with E-state index in [1.807, 2.05) is 18.2 Å². The van der Waals surface area contributed by atoms with E-state index in [-0.39, 0.29) is 11.8 Å². The average Bonchev–Trinajstić information content (AvgIpc) is 2.70. The van der Waals surface area contributed by atoms with Crippen molar-refractivity contribution < 1.29 is 4.79 Å². The Bertz CT molecular complexity index is 469. The molecule has 96 valence electrons. The average molecular weight is 265 g/mol. The van der Waals surface area contributed by atoms with Gasteiger partial charge in [-0.15, -0.1) is 0 Å². The Labute approximate surface area is 112 Å². The molecule has 0 spiro atoms. The van der Waals surface area contributed by atoms with Crippen molar-refractivity contribution in [1.82, 2.24) is 5.32 Å². The van der Waals surface area contributed by atoms with E-state index >= 15 is 0 Å². The number of para-hydroxylation sites is 1. The van der Waals surface area contributed by atoms with Crippen LogP contribution in [-0.4, -0.2) is 19.0 Å². The molecule has 2 aliphatic rings. The van der Waals surface area contributed by atoms with Crippen molar-refractivity contribution in [2.24, 2.45) is 5.92 Å². The number of fused-ring (bicyclic) bond motifs is 1. The molecular weight excluding hydrogens is 248 g/mol. The molecule has 2 N–H and O–H groups in total. The summed E-state index contributed by atoms with van der Waals surface area (Å²) in [4.78, 5) is 12.1. The zero-order chi connectivity index (χ0) is 12.5. The lowest BCUT2D eigenvalue weighted by Gasteiger charge is -2.24. The van der Waals surface area contributed by atoms with Gasteiger partial charge in [0, 0.05) is 0 Å². The van der Waals surface area contributed by atoms with Crippen LogP contribution in [0.3, 0.4) is 0 Å². The van der Waals surface area contributed by atoms with Crippen molar-refractivity contribution in [3.63, 3.8) is 0 Å². The number of nitrogens with one attached hydrogen (secondary N) is 2. The highest BCUT2D eigenvalue weighted by atomic mass is 35.5. The Morgan fingerprint density at radius 3 is 3.06 bits per heavy atom. The molecule has 0 aliphatic carbocycles. The van der Waals surface area contributed by atoms with Gasteiger partial charge in [-0.2, -0.15) is 0 Å². The zero-order valence-corrected chi connectivity index (χ0v) is 11.0. The summed E-state index contributed by atoms with van der Waals surface area (Å²) in [6, 6.07) is 5.76. The van der Waals surface area contributed by atoms with Crippen LogP contribution in [0.1, 0.15) is 30.7 Å². The molecule has 1 aromatic rings. The van der Waals surface area contributed by atoms with Gasteiger partial charge in [0.1, 0.15) is 0 Å². The molecule has 3 nitrogen and oxygen atoms in total. The van der Waals surface area contributed by atoms with E-state index in [0.717, 1.165) is 30.8 Å². The molecule has 1 fully saturated rings. The second-order valence-corrected chi connectivity index (χ2v) is 5.60. The van der Waals surface area contributed by atoms with Gasteiger partial charge >= 0.3 is 0 Å². The molecule has 2 heterocycles. The summed E-state index contributed by atoms with van der Waals surface area (Å²) in [6.45, 7) is 2.13. The van der Waals surface area contributed by atoms with E-state index in [1.165, 1.54) is 12.8 Å². The van der Waals surface area contributed by atoms with Crippen molar-refractivity contribution >= 4 is 23.2 Å². The second-order valence-electron chi connectivity index (χ2n) is 5.19. The van der Waals surface area contributed by atoms with Gasteiger partial charge in [0.05, 0.1) is 16.6 Å². The fourth-order valence-electron chi connectivity index (χ4n) is 3.01. The van der Waals surface area contributed by atoms with E-state index < -0.39 is 0 Å². The number of halogens is 1. The standard InChI is InChI=1S/C14H17ClN2O/c15-12-5-1-4-10-11(14(18)17-13(10)12)7-9-3-2-6-16-8-9/h1,4-5,9,11,16H,2-3,6-8H2,(H,17,18). The molecule has 3 rings (SSSR count). The van der Waals surface area contributed by atoms with E-state index in [0.29, 0.717) is 10.9 Å². The number of rotatable bonds is 2. The van der Waals surface area contributed by atoms with Crippen LogP contribution in [0.25, 0.3) is 0 Å². The lowest BCUT2D eigenvalue weighted by Crippen LogP contribution is -2.31. The SMILES string of the molecule is O=C1Nc2c(Cl)cccc2C1CC1CCCNC1. The highest BCUT2D eigenvalue weighted by molar-refractivity contribution is 6.34. The Hall–Kier alpha value is -1.06. The monoisotopic (exact) mass is 264 g/mol. The Balaban J connectivity index is 1.81. The minimum atomic E-state index is -0.0244. The summed E-state index contributed by atoms with van der Waals surface area (Å²) in [5, 5.41) is 6.96. The molecule has 1 amide bonds. The Kier molecular flexibility index (Phi) is 3.27. The predicted octanol–water partition coefficient (Wildman–Crippen LogP) is 2.77. The molecule has 2 aliphatic heterocycles. The summed E-state index contributed by atoms with van der Waals surface area (Å²) in [7, 11) is 0. The molecule has 2 atom stereocenters. The van der Waals surface area contributed by atoms with Crippen LogP contribution in [0.5, 0.6) is 0 Å². The van der Waals surface area contributed by atoms with Crippen LogP contribution in [0.4, 0.5) is 5.69 Å². The van der Waals surface area contributed by atoms with Crippen molar-refractivity contribution in [3.8, 4) is 0 Å². The normalized spacial score (nSPS) is 26.8. The summed E-state index contributed by atoms with van der Waals surface area (Å²) in [5.41, 5.74) is 1.89. The summed E-state index contributed by atoms with van der Waals surface area (Å²) in [6.07, 6.45) is 3.35. The molecule has 1 aromatic carbocycles. The molecule has 0 bridgehead atoms. The van der Waals surface area contributed by atoms with Crippen molar-refractivity contribution in [1.29, 1.82) is 0 Å². The largest absolute Gasteiger partial charge is 0.324 e. The molecule has 0 saturated carbocycles. The minimum absolute atomic E-state index is 0.0244. The first-order valence-electron chi connectivity index (χ1n) is 6.55. The van der Waals surface area contributed by atoms with Gasteiger partial charge in [0.25, 0.3) is 0 Å². The summed E-state index contributed by atoms with van der Waals surface area (Å²) >= 11 is 6.12. The van der Waals surface area contributed by atoms with E-state index in [4.69, 9.17) is 11.6 Å². The van der Waals surface area contributed by atoms with Gasteiger partial charge < -0.3 is 10.6 Å². The third kappa shape index (κ3) is 2.13. The van der Waals surface area contributed by atoms with Gasteiger partial charge in [-0.1, -0.05) is 23.7 Å². The van der Waals surface area contributed by atoms with Crippen LogP contribution in [0.15, 0.2) is 18.2 Å². The quantitative estimate of drug-likeness (QED) is 0.862. The molecule has 4 heteroatoms. The Morgan fingerprint density at radius 1 is 1.39 bits per heavy atom. The molecule has 2 unspecified atom stereocenters. The first-order chi connectivity index (χ1) is 8.75. The first-order valence-corrected chi connectivity index (χ1v) is 6.93. The van der Waals surface area contributed by atoms with Gasteiger partial charge in [-0.05, 0) is 49.9 Å². The maximum Gasteiger partial charge on any atom is 0.232 e. The summed E-state index contributed by atoms with van der Waals surface area (Å²) < 4.78 is 0. The topological polar surface area (TPSA) is 41.1 Å². The van der Waals surface area contributed by atoms with E-state index in [1.54, 1.807) is 0 Å². The Morgan fingerprint density at radius 2 is 2.28 bits per heavy atom. The third-order valence-electron chi connectivity index (χ3n) is 3.95. The number of carbonyl (C=O) groups excluding carboxylic acids is 1. The fourth-order valence-corrected chi connectivity index (χ4v) is 3.24. The van der Waals surface area contributed by atoms with Gasteiger partial charge in [-0.3, -0.25) is 4.79 Å². The van der Waals surface area contributed by atoms with Crippen molar-refractivity contribution in [2.45, 2.75) is 25.2 Å². The second kappa shape index (κ2) is 4.90. The zero-order valence-electron chi connectivity index (χ0n) is 10.2. The maximum atomic E-state index is 12.1. The van der Waals surface area contributed by atoms with Crippen LogP contribution in [0, 0.1) is 5.92 Å². The first kappa shape index (κ1) is 12.0. The smallest absolute Gasteiger partial charge is 0.232 e. The minimum Gasteiger partial charge on any atom is -0.324 e. The number of piperidine rings is 1. The molecule has 1 saturated heterocycles. The van der Waals surface area contributed by atoms with E-state index in [9.17, 15) is 4.79 Å². The summed E-state index contributed by atoms with van der Waals surface area (Å²) in [5.74, 6) is 0.673. The number of carbonyl (C=O) groups is 1.